The van der Waals surface area contributed by atoms with E-state index in [4.69, 9.17) is 0 Å². The number of rotatable bonds is 11. The van der Waals surface area contributed by atoms with E-state index >= 15 is 0 Å². The maximum absolute atomic E-state index is 2.45. The van der Waals surface area contributed by atoms with E-state index in [9.17, 15) is 0 Å². The molecule has 0 nitrogen and oxygen atoms in total. The summed E-state index contributed by atoms with van der Waals surface area (Å²) in [5, 5.41) is 25.5. The zero-order chi connectivity index (χ0) is 86.8. The van der Waals surface area contributed by atoms with Crippen LogP contribution in [0.15, 0.2) is 504 Å². The molecule has 0 spiro atoms. The summed E-state index contributed by atoms with van der Waals surface area (Å²) < 4.78 is 0. The lowest BCUT2D eigenvalue weighted by atomic mass is 9.83. The van der Waals surface area contributed by atoms with Crippen LogP contribution in [0.1, 0.15) is 5.56 Å². The van der Waals surface area contributed by atoms with Gasteiger partial charge in [0, 0.05) is 0 Å². The lowest BCUT2D eigenvalue weighted by molar-refractivity contribution is 1.47. The topological polar surface area (TPSA) is 0 Å². The van der Waals surface area contributed by atoms with Crippen molar-refractivity contribution in [3.8, 4) is 145 Å². The molecule has 131 heavy (non-hydrogen) atoms. The third-order valence-electron chi connectivity index (χ3n) is 27.2. The molecule has 0 fully saturated rings. The molecular weight excluding hydrogens is 1570 g/mol. The summed E-state index contributed by atoms with van der Waals surface area (Å²) in [6.07, 6.45) is 0. The molecule has 0 unspecified atom stereocenters. The summed E-state index contributed by atoms with van der Waals surface area (Å²) in [5.41, 5.74) is 34.2. The Kier molecular flexibility index (Phi) is 19.6. The summed E-state index contributed by atoms with van der Waals surface area (Å²) in [4.78, 5) is 0. The predicted octanol–water partition coefficient (Wildman–Crippen LogP) is 36.9. The summed E-state index contributed by atoms with van der Waals surface area (Å²) >= 11 is 0. The van der Waals surface area contributed by atoms with Gasteiger partial charge in [-0.2, -0.15) is 0 Å². The van der Waals surface area contributed by atoms with Crippen molar-refractivity contribution in [2.45, 2.75) is 6.92 Å². The van der Waals surface area contributed by atoms with Gasteiger partial charge in [-0.25, -0.2) is 0 Å². The Balaban J connectivity index is 0.000000110. The maximum Gasteiger partial charge on any atom is -0.00199 e. The van der Waals surface area contributed by atoms with Gasteiger partial charge in [-0.15, -0.1) is 0 Å². The first kappa shape index (κ1) is 77.6. The van der Waals surface area contributed by atoms with Crippen LogP contribution in [0.25, 0.3) is 252 Å². The SMILES string of the molecule is Cc1ccccc1-c1c2ccccc2c(-c2cc(-c3ccccc3)cc3ccccc23)c2ccccc12.c1ccc(-c2c3ccccc3c(-c3cc(-c4ccc5c6c(cccc46)-c4ccccc4-5)cc4ccccc34)c3ccccc23)cc1.c1ccc(-c2cc(-c3ccccc3)cc(-c3cc(-c4c5ccccc5c(-c5ccccc5)c5ccccc45)c4ccccc4c3)c2)cc1. The minimum Gasteiger partial charge on any atom is -0.0622 e. The van der Waals surface area contributed by atoms with E-state index in [1.54, 1.807) is 0 Å². The molecule has 0 saturated carbocycles. The van der Waals surface area contributed by atoms with Crippen LogP contribution in [0.2, 0.25) is 0 Å². The third-order valence-corrected chi connectivity index (χ3v) is 27.2. The zero-order valence-electron chi connectivity index (χ0n) is 72.4. The minimum atomic E-state index is 1.21. The van der Waals surface area contributed by atoms with Crippen LogP contribution < -0.4 is 0 Å². The smallest absolute Gasteiger partial charge is 0.00199 e. The second kappa shape index (κ2) is 33.1. The fourth-order valence-corrected chi connectivity index (χ4v) is 21.4. The summed E-state index contributed by atoms with van der Waals surface area (Å²) in [6.45, 7) is 2.21. The van der Waals surface area contributed by atoms with Gasteiger partial charge >= 0.3 is 0 Å². The van der Waals surface area contributed by atoms with Crippen LogP contribution >= 0.6 is 0 Å². The molecule has 0 aliphatic heterocycles. The summed E-state index contributed by atoms with van der Waals surface area (Å²) in [6, 6.07) is 184. The molecule has 25 aromatic rings. The molecule has 0 bridgehead atoms. The molecule has 0 atom stereocenters. The van der Waals surface area contributed by atoms with Crippen LogP contribution in [0.3, 0.4) is 0 Å². The molecule has 0 aromatic heterocycles. The number of benzene rings is 25. The van der Waals surface area contributed by atoms with E-state index < -0.39 is 0 Å². The Labute approximate surface area is 762 Å². The molecule has 0 heterocycles. The van der Waals surface area contributed by atoms with Gasteiger partial charge < -0.3 is 0 Å². The van der Waals surface area contributed by atoms with Gasteiger partial charge in [0.2, 0.25) is 0 Å². The highest BCUT2D eigenvalue weighted by atomic mass is 14.3. The highest BCUT2D eigenvalue weighted by molar-refractivity contribution is 6.28. The van der Waals surface area contributed by atoms with Crippen molar-refractivity contribution in [1.82, 2.24) is 0 Å². The maximum atomic E-state index is 2.45. The van der Waals surface area contributed by atoms with Crippen molar-refractivity contribution in [3.63, 3.8) is 0 Å². The van der Waals surface area contributed by atoms with Crippen LogP contribution in [0, 0.1) is 6.92 Å². The first-order chi connectivity index (χ1) is 65.0. The average Bonchev–Trinajstić information content (AvgIpc) is 1.69. The van der Waals surface area contributed by atoms with Crippen molar-refractivity contribution >= 4 is 108 Å². The molecule has 0 N–H and O–H groups in total. The largest absolute Gasteiger partial charge is 0.0622 e. The Bertz CT molecular complexity index is 8550. The molecule has 0 heteroatoms. The summed E-state index contributed by atoms with van der Waals surface area (Å²) in [5.74, 6) is 0. The average molecular weight is 1660 g/mol. The Morgan fingerprint density at radius 1 is 0.107 bits per heavy atom. The molecule has 1 aliphatic carbocycles. The van der Waals surface area contributed by atoms with Crippen LogP contribution in [-0.4, -0.2) is 0 Å². The van der Waals surface area contributed by atoms with Crippen molar-refractivity contribution in [2.75, 3.05) is 0 Å². The van der Waals surface area contributed by atoms with E-state index in [0.717, 1.165) is 0 Å². The molecular formula is C131H86. The van der Waals surface area contributed by atoms with E-state index in [1.807, 2.05) is 0 Å². The van der Waals surface area contributed by atoms with Gasteiger partial charge in [0.1, 0.15) is 0 Å². The molecule has 0 saturated heterocycles. The lowest BCUT2D eigenvalue weighted by Gasteiger charge is -2.20. The molecule has 0 amide bonds. The van der Waals surface area contributed by atoms with Crippen LogP contribution in [0.5, 0.6) is 0 Å². The highest BCUT2D eigenvalue weighted by Gasteiger charge is 2.27. The standard InChI is InChI=1S/C48H32.C46H28.C37H26/c1-4-16-33(17-5-1)37-29-38(34-18-6-2-7-19-34)31-39(30-37)40-28-36-22-10-11-23-41(36)46(32-40)48-44-26-14-12-24-42(44)47(35-20-8-3-9-21-35)43-25-13-15-27-45(43)48;1-2-13-29(14-3-1)44-38-19-8-10-21-40(38)46(41-22-11-9-20-39(41)44)43-28-31(27-30-15-4-5-16-32(30)43)33-25-26-42-35-18-7-6-17-34(35)37-24-12-23-36(33)45(37)42;1-25-13-5-7-17-29(25)36-31-19-9-11-21-33(31)37(34-22-12-10-20-32(34)36)35-24-28(26-14-3-2-4-15-26)23-27-16-6-8-18-30(27)35/h1-32H;1-28H;2-24H,1H3. The zero-order valence-corrected chi connectivity index (χ0v) is 72.4. The first-order valence-electron chi connectivity index (χ1n) is 45.5. The molecule has 26 rings (SSSR count). The number of hydrogen-bond acceptors (Lipinski definition) is 0. The second-order valence-electron chi connectivity index (χ2n) is 34.6. The Morgan fingerprint density at radius 3 is 0.679 bits per heavy atom. The first-order valence-corrected chi connectivity index (χ1v) is 45.5. The lowest BCUT2D eigenvalue weighted by Crippen LogP contribution is -1.93. The van der Waals surface area contributed by atoms with Gasteiger partial charge in [0.15, 0.2) is 0 Å². The fourth-order valence-electron chi connectivity index (χ4n) is 21.4. The minimum absolute atomic E-state index is 1.21. The number of hydrogen-bond donors (Lipinski definition) is 0. The Morgan fingerprint density at radius 2 is 0.328 bits per heavy atom. The number of fused-ring (bicyclic) bond motifs is 12. The normalized spacial score (nSPS) is 11.5. The van der Waals surface area contributed by atoms with E-state index in [2.05, 4.69) is 510 Å². The van der Waals surface area contributed by atoms with Crippen molar-refractivity contribution in [2.24, 2.45) is 0 Å². The van der Waals surface area contributed by atoms with E-state index in [-0.39, 0.29) is 0 Å². The van der Waals surface area contributed by atoms with Crippen molar-refractivity contribution in [1.29, 1.82) is 0 Å². The van der Waals surface area contributed by atoms with Crippen molar-refractivity contribution in [3.05, 3.63) is 509 Å². The van der Waals surface area contributed by atoms with E-state index in [0.29, 0.717) is 0 Å². The Hall–Kier alpha value is -16.9. The molecule has 25 aromatic carbocycles. The van der Waals surface area contributed by atoms with Gasteiger partial charge in [-0.1, -0.05) is 449 Å². The fraction of sp³-hybridized carbons (Fsp3) is 0.00763. The predicted molar refractivity (Wildman–Crippen MR) is 563 cm³/mol. The van der Waals surface area contributed by atoms with Gasteiger partial charge in [-0.3, -0.25) is 0 Å². The van der Waals surface area contributed by atoms with Crippen LogP contribution in [0.4, 0.5) is 0 Å². The third kappa shape index (κ3) is 13.7. The van der Waals surface area contributed by atoms with Gasteiger partial charge in [0.05, 0.1) is 0 Å². The second-order valence-corrected chi connectivity index (χ2v) is 34.6. The van der Waals surface area contributed by atoms with Crippen molar-refractivity contribution < 1.29 is 0 Å². The van der Waals surface area contributed by atoms with Gasteiger partial charge in [0.25, 0.3) is 0 Å². The monoisotopic (exact) mass is 1660 g/mol. The van der Waals surface area contributed by atoms with Crippen LogP contribution in [-0.2, 0) is 0 Å². The number of aryl methyl sites for hydroxylation is 1. The quantitative estimate of drug-likeness (QED) is 0.113. The molecule has 1 aliphatic rings. The molecule has 0 radical (unpaired) electrons. The highest BCUT2D eigenvalue weighted by Crippen LogP contribution is 2.54. The molecule has 610 valence electrons. The van der Waals surface area contributed by atoms with E-state index in [1.165, 1.54) is 258 Å². The van der Waals surface area contributed by atoms with Gasteiger partial charge in [-0.05, 0) is 319 Å². The summed E-state index contributed by atoms with van der Waals surface area (Å²) in [7, 11) is 0.